The summed E-state index contributed by atoms with van der Waals surface area (Å²) in [5.41, 5.74) is 5.76. The Bertz CT molecular complexity index is 705. The molecule has 0 heterocycles. The zero-order chi connectivity index (χ0) is 26.4. The molecule has 0 aromatic heterocycles. The number of hydrogen-bond acceptors (Lipinski definition) is 7. The molecule has 0 aromatic carbocycles. The van der Waals surface area contributed by atoms with E-state index in [2.05, 4.69) is 16.0 Å². The maximum Gasteiger partial charge on any atom is 0.326 e. The number of carbonyl (C=O) groups excluding carboxylic acids is 3. The maximum atomic E-state index is 13.1. The van der Waals surface area contributed by atoms with Crippen molar-refractivity contribution in [1.82, 2.24) is 16.0 Å². The zero-order valence-electron chi connectivity index (χ0n) is 20.6. The Morgan fingerprint density at radius 1 is 0.882 bits per heavy atom. The first-order chi connectivity index (χ1) is 15.8. The molecule has 0 fully saturated rings. The number of hydrogen-bond donors (Lipinski definition) is 6. The molecule has 11 nitrogen and oxygen atoms in total. The van der Waals surface area contributed by atoms with Crippen molar-refractivity contribution in [3.05, 3.63) is 0 Å². The van der Waals surface area contributed by atoms with Crippen molar-refractivity contribution < 1.29 is 34.2 Å². The van der Waals surface area contributed by atoms with Crippen LogP contribution in [0, 0.1) is 11.8 Å². The van der Waals surface area contributed by atoms with Gasteiger partial charge in [-0.1, -0.05) is 34.1 Å². The molecular weight excluding hydrogens is 464 g/mol. The van der Waals surface area contributed by atoms with Crippen LogP contribution in [0.5, 0.6) is 0 Å². The minimum absolute atomic E-state index is 0.0186. The smallest absolute Gasteiger partial charge is 0.326 e. The summed E-state index contributed by atoms with van der Waals surface area (Å²) in [5, 5.41) is 25.9. The summed E-state index contributed by atoms with van der Waals surface area (Å²) in [6, 6.07) is -4.17. The van der Waals surface area contributed by atoms with E-state index in [0.717, 1.165) is 0 Å². The summed E-state index contributed by atoms with van der Waals surface area (Å²) in [4.78, 5) is 60.7. The van der Waals surface area contributed by atoms with E-state index in [4.69, 9.17) is 10.8 Å². The molecule has 0 aliphatic heterocycles. The lowest BCUT2D eigenvalue weighted by Crippen LogP contribution is -2.58. The Labute approximate surface area is 205 Å². The van der Waals surface area contributed by atoms with E-state index in [-0.39, 0.29) is 37.5 Å². The Morgan fingerprint density at radius 3 is 1.94 bits per heavy atom. The predicted octanol–water partition coefficient (Wildman–Crippen LogP) is 0.563. The fourth-order valence-electron chi connectivity index (χ4n) is 3.10. The van der Waals surface area contributed by atoms with Crippen LogP contribution in [0.1, 0.15) is 59.8 Å². The van der Waals surface area contributed by atoms with E-state index in [0.29, 0.717) is 12.2 Å². The molecule has 0 aromatic rings. The molecule has 0 spiro atoms. The molecule has 5 atom stereocenters. The van der Waals surface area contributed by atoms with Gasteiger partial charge in [-0.2, -0.15) is 11.8 Å². The number of carboxylic acid groups (broad SMARTS) is 2. The van der Waals surface area contributed by atoms with Crippen molar-refractivity contribution in [3.63, 3.8) is 0 Å². The van der Waals surface area contributed by atoms with Crippen molar-refractivity contribution in [3.8, 4) is 0 Å². The fourth-order valence-corrected chi connectivity index (χ4v) is 3.57. The lowest BCUT2D eigenvalue weighted by Gasteiger charge is -2.28. The van der Waals surface area contributed by atoms with Crippen LogP contribution >= 0.6 is 11.8 Å². The van der Waals surface area contributed by atoms with Gasteiger partial charge in [0.25, 0.3) is 0 Å². The molecule has 196 valence electrons. The number of thioether (sulfide) groups is 1. The largest absolute Gasteiger partial charge is 0.481 e. The van der Waals surface area contributed by atoms with Crippen LogP contribution in [0.25, 0.3) is 0 Å². The third kappa shape index (κ3) is 12.2. The third-order valence-corrected chi connectivity index (χ3v) is 6.01. The van der Waals surface area contributed by atoms with Crippen LogP contribution in [0.2, 0.25) is 0 Å². The first kappa shape index (κ1) is 31.7. The van der Waals surface area contributed by atoms with Crippen LogP contribution in [0.4, 0.5) is 0 Å². The van der Waals surface area contributed by atoms with Crippen molar-refractivity contribution >= 4 is 41.4 Å². The van der Waals surface area contributed by atoms with Crippen LogP contribution in [-0.4, -0.2) is 76.0 Å². The summed E-state index contributed by atoms with van der Waals surface area (Å²) < 4.78 is 0. The van der Waals surface area contributed by atoms with E-state index < -0.39 is 53.8 Å². The molecule has 0 radical (unpaired) electrons. The molecule has 12 heteroatoms. The van der Waals surface area contributed by atoms with Gasteiger partial charge in [0.15, 0.2) is 0 Å². The number of nitrogens with two attached hydrogens (primary N) is 1. The first-order valence-corrected chi connectivity index (χ1v) is 12.8. The predicted molar refractivity (Wildman–Crippen MR) is 130 cm³/mol. The molecule has 5 unspecified atom stereocenters. The van der Waals surface area contributed by atoms with Crippen LogP contribution in [-0.2, 0) is 24.0 Å². The minimum Gasteiger partial charge on any atom is -0.481 e. The number of carboxylic acids is 2. The average Bonchev–Trinajstić information content (AvgIpc) is 2.76. The molecule has 0 aliphatic carbocycles. The van der Waals surface area contributed by atoms with Gasteiger partial charge >= 0.3 is 11.9 Å². The second kappa shape index (κ2) is 16.3. The second-order valence-electron chi connectivity index (χ2n) is 8.78. The number of aliphatic carboxylic acids is 2. The Kier molecular flexibility index (Phi) is 15.2. The molecule has 0 aliphatic rings. The van der Waals surface area contributed by atoms with Gasteiger partial charge in [0.2, 0.25) is 17.7 Å². The van der Waals surface area contributed by atoms with Crippen molar-refractivity contribution in [2.75, 3.05) is 12.0 Å². The quantitative estimate of drug-likeness (QED) is 0.164. The van der Waals surface area contributed by atoms with Crippen LogP contribution in [0.15, 0.2) is 0 Å². The van der Waals surface area contributed by atoms with E-state index >= 15 is 0 Å². The molecule has 0 saturated carbocycles. The topological polar surface area (TPSA) is 188 Å². The molecule has 0 rings (SSSR count). The Morgan fingerprint density at radius 2 is 1.47 bits per heavy atom. The Hall–Kier alpha value is -2.34. The average molecular weight is 505 g/mol. The van der Waals surface area contributed by atoms with Gasteiger partial charge in [-0.15, -0.1) is 0 Å². The number of rotatable bonds is 17. The van der Waals surface area contributed by atoms with Gasteiger partial charge in [-0.25, -0.2) is 4.79 Å². The van der Waals surface area contributed by atoms with Gasteiger partial charge in [0.05, 0.1) is 6.04 Å². The maximum absolute atomic E-state index is 13.1. The summed E-state index contributed by atoms with van der Waals surface area (Å²) in [6.07, 6.45) is 2.52. The van der Waals surface area contributed by atoms with Gasteiger partial charge in [-0.3, -0.25) is 19.2 Å². The van der Waals surface area contributed by atoms with Crippen molar-refractivity contribution in [2.24, 2.45) is 17.6 Å². The fraction of sp³-hybridized carbons (Fsp3) is 0.773. The zero-order valence-corrected chi connectivity index (χ0v) is 21.4. The highest BCUT2D eigenvalue weighted by Crippen LogP contribution is 2.12. The summed E-state index contributed by atoms with van der Waals surface area (Å²) in [6.45, 7) is 7.33. The molecule has 0 saturated heterocycles. The molecule has 3 amide bonds. The van der Waals surface area contributed by atoms with E-state index in [1.807, 2.05) is 27.0 Å². The normalized spacial score (nSPS) is 15.5. The molecular formula is C22H40N4O7S. The summed E-state index contributed by atoms with van der Waals surface area (Å²) in [7, 11) is 0. The first-order valence-electron chi connectivity index (χ1n) is 11.4. The SMILES string of the molecule is CCC(C)C(NC(=O)C(CC(C)C)NC(=O)C(N)CCC(=O)O)C(=O)NC(CCSC)C(=O)O. The number of nitrogens with one attached hydrogen (secondary N) is 3. The van der Waals surface area contributed by atoms with E-state index in [9.17, 15) is 29.1 Å². The molecule has 34 heavy (non-hydrogen) atoms. The van der Waals surface area contributed by atoms with Gasteiger partial charge < -0.3 is 31.9 Å². The lowest BCUT2D eigenvalue weighted by molar-refractivity contribution is -0.142. The highest BCUT2D eigenvalue weighted by Gasteiger charge is 2.33. The monoisotopic (exact) mass is 504 g/mol. The van der Waals surface area contributed by atoms with Crippen molar-refractivity contribution in [2.45, 2.75) is 84.0 Å². The van der Waals surface area contributed by atoms with Gasteiger partial charge in [0, 0.05) is 6.42 Å². The third-order valence-electron chi connectivity index (χ3n) is 5.36. The highest BCUT2D eigenvalue weighted by atomic mass is 32.2. The standard InChI is InChI=1S/C22H40N4O7S/c1-6-13(4)18(21(31)24-15(22(32)33)9-10-34-5)26-20(30)16(11-12(2)3)25-19(29)14(23)7-8-17(27)28/h12-16,18H,6-11,23H2,1-5H3,(H,24,31)(H,25,29)(H,26,30)(H,27,28)(H,32,33). The van der Waals surface area contributed by atoms with Crippen molar-refractivity contribution in [1.29, 1.82) is 0 Å². The highest BCUT2D eigenvalue weighted by molar-refractivity contribution is 7.98. The van der Waals surface area contributed by atoms with E-state index in [1.165, 1.54) is 11.8 Å². The summed E-state index contributed by atoms with van der Waals surface area (Å²) in [5.74, 6) is -3.83. The number of carbonyl (C=O) groups is 5. The number of amides is 3. The van der Waals surface area contributed by atoms with Crippen LogP contribution < -0.4 is 21.7 Å². The summed E-state index contributed by atoms with van der Waals surface area (Å²) >= 11 is 1.46. The molecule has 0 bridgehead atoms. The van der Waals surface area contributed by atoms with Gasteiger partial charge in [0.1, 0.15) is 18.1 Å². The van der Waals surface area contributed by atoms with Gasteiger partial charge in [-0.05, 0) is 43.1 Å². The Balaban J connectivity index is 5.49. The molecule has 7 N–H and O–H groups in total. The minimum atomic E-state index is -1.16. The van der Waals surface area contributed by atoms with E-state index in [1.54, 1.807) is 6.92 Å². The lowest BCUT2D eigenvalue weighted by atomic mass is 9.96. The second-order valence-corrected chi connectivity index (χ2v) is 9.77. The van der Waals surface area contributed by atoms with Crippen LogP contribution in [0.3, 0.4) is 0 Å².